The van der Waals surface area contributed by atoms with Gasteiger partial charge in [-0.2, -0.15) is 0 Å². The largest absolute Gasteiger partial charge is 0.444 e. The first kappa shape index (κ1) is 14.4. The van der Waals surface area contributed by atoms with Crippen molar-refractivity contribution in [3.8, 4) is 0 Å². The van der Waals surface area contributed by atoms with E-state index in [2.05, 4.69) is 5.32 Å². The van der Waals surface area contributed by atoms with Gasteiger partial charge in [0.25, 0.3) is 0 Å². The Morgan fingerprint density at radius 1 is 1.39 bits per heavy atom. The first-order valence-electron chi connectivity index (χ1n) is 6.02. The first-order chi connectivity index (χ1) is 8.31. The zero-order valence-corrected chi connectivity index (χ0v) is 11.8. The highest BCUT2D eigenvalue weighted by molar-refractivity contribution is 5.67. The lowest BCUT2D eigenvalue weighted by molar-refractivity contribution is 0.0285. The van der Waals surface area contributed by atoms with Crippen LogP contribution in [0.2, 0.25) is 0 Å². The van der Waals surface area contributed by atoms with Crippen LogP contribution in [0.3, 0.4) is 0 Å². The van der Waals surface area contributed by atoms with Crippen molar-refractivity contribution in [1.29, 1.82) is 0 Å². The van der Waals surface area contributed by atoms with Crippen molar-refractivity contribution in [2.45, 2.75) is 32.9 Å². The molecule has 0 fully saturated rings. The summed E-state index contributed by atoms with van der Waals surface area (Å²) in [5.74, 6) is 0. The van der Waals surface area contributed by atoms with Crippen molar-refractivity contribution >= 4 is 11.8 Å². The molecule has 1 rings (SSSR count). The average Bonchev–Trinajstić information content (AvgIpc) is 2.27. The van der Waals surface area contributed by atoms with Gasteiger partial charge in [-0.3, -0.25) is 0 Å². The van der Waals surface area contributed by atoms with Crippen molar-refractivity contribution in [3.05, 3.63) is 29.8 Å². The summed E-state index contributed by atoms with van der Waals surface area (Å²) in [5.41, 5.74) is 1.64. The lowest BCUT2D eigenvalue weighted by Crippen LogP contribution is -2.33. The van der Waals surface area contributed by atoms with E-state index >= 15 is 0 Å². The molecule has 0 aliphatic carbocycles. The average molecular weight is 250 g/mol. The van der Waals surface area contributed by atoms with Crippen LogP contribution in [-0.2, 0) is 11.3 Å². The molecule has 4 nitrogen and oxygen atoms in total. The minimum atomic E-state index is -0.460. The predicted molar refractivity (Wildman–Crippen MR) is 73.7 cm³/mol. The minimum Gasteiger partial charge on any atom is -0.444 e. The maximum atomic E-state index is 11.8. The summed E-state index contributed by atoms with van der Waals surface area (Å²) in [7, 11) is 3.61. The highest BCUT2D eigenvalue weighted by atomic mass is 16.6. The van der Waals surface area contributed by atoms with Gasteiger partial charge in [-0.15, -0.1) is 0 Å². The van der Waals surface area contributed by atoms with Crippen LogP contribution in [0.1, 0.15) is 26.3 Å². The van der Waals surface area contributed by atoms with Crippen LogP contribution in [0.5, 0.6) is 0 Å². The van der Waals surface area contributed by atoms with Gasteiger partial charge in [0.05, 0.1) is 0 Å². The van der Waals surface area contributed by atoms with E-state index in [1.807, 2.05) is 52.1 Å². The molecule has 0 saturated heterocycles. The zero-order valence-electron chi connectivity index (χ0n) is 11.8. The van der Waals surface area contributed by atoms with Crippen LogP contribution >= 0.6 is 0 Å². The maximum absolute atomic E-state index is 11.8. The van der Waals surface area contributed by atoms with Crippen LogP contribution in [0.15, 0.2) is 24.3 Å². The number of rotatable bonds is 3. The fourth-order valence-corrected chi connectivity index (χ4v) is 1.50. The molecule has 1 N–H and O–H groups in total. The number of nitrogens with one attached hydrogen (secondary N) is 1. The molecular formula is C14H22N2O2. The molecule has 100 valence electrons. The number of carbonyl (C=O) groups excluding carboxylic acids is 1. The number of nitrogens with zero attached hydrogens (tertiary/aromatic N) is 1. The van der Waals surface area contributed by atoms with Gasteiger partial charge < -0.3 is 15.0 Å². The summed E-state index contributed by atoms with van der Waals surface area (Å²) in [6.45, 7) is 6.12. The molecule has 0 atom stereocenters. The van der Waals surface area contributed by atoms with E-state index in [1.165, 1.54) is 0 Å². The summed E-state index contributed by atoms with van der Waals surface area (Å²) in [6.07, 6.45) is -0.308. The van der Waals surface area contributed by atoms with Crippen LogP contribution in [0.4, 0.5) is 10.5 Å². The lowest BCUT2D eigenvalue weighted by atomic mass is 10.2. The van der Waals surface area contributed by atoms with E-state index < -0.39 is 5.60 Å². The SMILES string of the molecule is CNc1cccc(CN(C)C(=O)OC(C)(C)C)c1. The van der Waals surface area contributed by atoms with E-state index in [9.17, 15) is 4.79 Å². The standard InChI is InChI=1S/C14H22N2O2/c1-14(2,3)18-13(17)16(5)10-11-7-6-8-12(9-11)15-4/h6-9,15H,10H2,1-5H3. The molecular weight excluding hydrogens is 228 g/mol. The Bertz CT molecular complexity index is 411. The Kier molecular flexibility index (Phi) is 4.59. The fraction of sp³-hybridized carbons (Fsp3) is 0.500. The molecule has 0 aliphatic rings. The van der Waals surface area contributed by atoms with Crippen LogP contribution < -0.4 is 5.32 Å². The normalized spacial score (nSPS) is 10.9. The predicted octanol–water partition coefficient (Wildman–Crippen LogP) is 3.10. The number of benzene rings is 1. The van der Waals surface area contributed by atoms with E-state index in [-0.39, 0.29) is 6.09 Å². The van der Waals surface area contributed by atoms with Gasteiger partial charge in [0.2, 0.25) is 0 Å². The fourth-order valence-electron chi connectivity index (χ4n) is 1.50. The van der Waals surface area contributed by atoms with Crippen LogP contribution in [0, 0.1) is 0 Å². The molecule has 0 radical (unpaired) electrons. The van der Waals surface area contributed by atoms with Crippen molar-refractivity contribution in [2.24, 2.45) is 0 Å². The van der Waals surface area contributed by atoms with Gasteiger partial charge in [0.1, 0.15) is 5.60 Å². The Morgan fingerprint density at radius 2 is 2.06 bits per heavy atom. The van der Waals surface area contributed by atoms with Crippen molar-refractivity contribution in [2.75, 3.05) is 19.4 Å². The molecule has 0 unspecified atom stereocenters. The third kappa shape index (κ3) is 4.65. The van der Waals surface area contributed by atoms with Crippen LogP contribution in [0.25, 0.3) is 0 Å². The van der Waals surface area contributed by atoms with Crippen molar-refractivity contribution in [3.63, 3.8) is 0 Å². The van der Waals surface area contributed by atoms with Gasteiger partial charge in [-0.25, -0.2) is 4.79 Å². The topological polar surface area (TPSA) is 41.6 Å². The molecule has 0 aliphatic heterocycles. The van der Waals surface area contributed by atoms with Gasteiger partial charge in [-0.05, 0) is 38.5 Å². The number of amides is 1. The summed E-state index contributed by atoms with van der Waals surface area (Å²) >= 11 is 0. The Balaban J connectivity index is 2.63. The number of hydrogen-bond acceptors (Lipinski definition) is 3. The number of carbonyl (C=O) groups is 1. The molecule has 0 bridgehead atoms. The first-order valence-corrected chi connectivity index (χ1v) is 6.02. The third-order valence-electron chi connectivity index (χ3n) is 2.34. The zero-order chi connectivity index (χ0) is 13.8. The molecule has 1 aromatic carbocycles. The lowest BCUT2D eigenvalue weighted by Gasteiger charge is -2.24. The molecule has 1 aromatic rings. The van der Waals surface area contributed by atoms with E-state index in [4.69, 9.17) is 4.74 Å². The highest BCUT2D eigenvalue weighted by Crippen LogP contribution is 2.14. The summed E-state index contributed by atoms with van der Waals surface area (Å²) in [4.78, 5) is 13.4. The third-order valence-corrected chi connectivity index (χ3v) is 2.34. The summed E-state index contributed by atoms with van der Waals surface area (Å²) in [6, 6.07) is 7.95. The highest BCUT2D eigenvalue weighted by Gasteiger charge is 2.19. The van der Waals surface area contributed by atoms with Gasteiger partial charge >= 0.3 is 6.09 Å². The second kappa shape index (κ2) is 5.76. The second-order valence-corrected chi connectivity index (χ2v) is 5.29. The number of anilines is 1. The molecule has 0 aromatic heterocycles. The van der Waals surface area contributed by atoms with Crippen molar-refractivity contribution in [1.82, 2.24) is 4.90 Å². The number of ether oxygens (including phenoxy) is 1. The van der Waals surface area contributed by atoms with Gasteiger partial charge in [0.15, 0.2) is 0 Å². The smallest absolute Gasteiger partial charge is 0.410 e. The molecule has 0 saturated carbocycles. The Morgan fingerprint density at radius 3 is 2.61 bits per heavy atom. The monoisotopic (exact) mass is 250 g/mol. The Labute approximate surface area is 109 Å². The van der Waals surface area contributed by atoms with E-state index in [1.54, 1.807) is 11.9 Å². The van der Waals surface area contributed by atoms with Gasteiger partial charge in [0, 0.05) is 26.3 Å². The number of hydrogen-bond donors (Lipinski definition) is 1. The summed E-state index contributed by atoms with van der Waals surface area (Å²) in [5, 5.41) is 3.07. The van der Waals surface area contributed by atoms with E-state index in [0.29, 0.717) is 6.54 Å². The second-order valence-electron chi connectivity index (χ2n) is 5.29. The van der Waals surface area contributed by atoms with E-state index in [0.717, 1.165) is 11.3 Å². The molecule has 4 heteroatoms. The Hall–Kier alpha value is -1.71. The van der Waals surface area contributed by atoms with Gasteiger partial charge in [-0.1, -0.05) is 12.1 Å². The molecule has 1 amide bonds. The minimum absolute atomic E-state index is 0.308. The maximum Gasteiger partial charge on any atom is 0.410 e. The van der Waals surface area contributed by atoms with Crippen LogP contribution in [-0.4, -0.2) is 30.7 Å². The molecule has 0 spiro atoms. The summed E-state index contributed by atoms with van der Waals surface area (Å²) < 4.78 is 5.30. The molecule has 18 heavy (non-hydrogen) atoms. The molecule has 0 heterocycles. The van der Waals surface area contributed by atoms with Crippen molar-refractivity contribution < 1.29 is 9.53 Å². The quantitative estimate of drug-likeness (QED) is 0.896.